The Morgan fingerprint density at radius 1 is 1.05 bits per heavy atom. The number of nitrogens with one attached hydrogen (secondary N) is 1. The predicted octanol–water partition coefficient (Wildman–Crippen LogP) is 2.56. The molecule has 2 rings (SSSR count). The Hall–Kier alpha value is -1.26. The molecule has 5 nitrogen and oxygen atoms in total. The van der Waals surface area contributed by atoms with Crippen LogP contribution in [0.5, 0.6) is 0 Å². The van der Waals surface area contributed by atoms with Gasteiger partial charge in [0.2, 0.25) is 0 Å². The lowest BCUT2D eigenvalue weighted by atomic mass is 9.80. The number of nitrogens with zero attached hydrogens (tertiary/aromatic N) is 1. The van der Waals surface area contributed by atoms with Crippen molar-refractivity contribution in [3.63, 3.8) is 0 Å². The summed E-state index contributed by atoms with van der Waals surface area (Å²) in [4.78, 5) is 25.3. The number of urea groups is 1. The SMILES string of the molecule is CC1CCC(NC(=O)N2CC(C)CC(C(=O)O)C2)C(C)C1. The van der Waals surface area contributed by atoms with Crippen LogP contribution >= 0.6 is 0 Å². The normalized spacial score (nSPS) is 37.1. The average molecular weight is 296 g/mol. The third-order valence-corrected chi connectivity index (χ3v) is 5.04. The quantitative estimate of drug-likeness (QED) is 0.823. The summed E-state index contributed by atoms with van der Waals surface area (Å²) in [5, 5.41) is 12.3. The lowest BCUT2D eigenvalue weighted by Gasteiger charge is -2.38. The molecule has 120 valence electrons. The molecular formula is C16H28N2O3. The van der Waals surface area contributed by atoms with Crippen LogP contribution in [-0.4, -0.2) is 41.1 Å². The third kappa shape index (κ3) is 4.11. The molecule has 0 radical (unpaired) electrons. The van der Waals surface area contributed by atoms with Gasteiger partial charge in [0, 0.05) is 19.1 Å². The number of carbonyl (C=O) groups excluding carboxylic acids is 1. The van der Waals surface area contributed by atoms with Crippen LogP contribution in [-0.2, 0) is 4.79 Å². The first-order chi connectivity index (χ1) is 9.86. The number of hydrogen-bond acceptors (Lipinski definition) is 2. The van der Waals surface area contributed by atoms with Crippen molar-refractivity contribution in [3.8, 4) is 0 Å². The summed E-state index contributed by atoms with van der Waals surface area (Å²) in [6.07, 6.45) is 4.00. The topological polar surface area (TPSA) is 69.6 Å². The summed E-state index contributed by atoms with van der Waals surface area (Å²) >= 11 is 0. The first kappa shape index (κ1) is 16.1. The Morgan fingerprint density at radius 2 is 1.76 bits per heavy atom. The second-order valence-electron chi connectivity index (χ2n) is 7.23. The van der Waals surface area contributed by atoms with Crippen LogP contribution in [0.15, 0.2) is 0 Å². The van der Waals surface area contributed by atoms with Crippen molar-refractivity contribution in [2.75, 3.05) is 13.1 Å². The Labute approximate surface area is 127 Å². The standard InChI is InChI=1S/C16H28N2O3/c1-10-4-5-14(12(3)6-10)17-16(21)18-8-11(2)7-13(9-18)15(19)20/h10-14H,4-9H2,1-3H3,(H,17,21)(H,19,20). The van der Waals surface area contributed by atoms with E-state index in [-0.39, 0.29) is 18.0 Å². The highest BCUT2D eigenvalue weighted by Crippen LogP contribution is 2.29. The molecule has 2 N–H and O–H groups in total. The summed E-state index contributed by atoms with van der Waals surface area (Å²) < 4.78 is 0. The minimum absolute atomic E-state index is 0.0841. The van der Waals surface area contributed by atoms with Crippen LogP contribution in [0, 0.1) is 23.7 Å². The Balaban J connectivity index is 1.91. The number of carboxylic acid groups (broad SMARTS) is 1. The lowest BCUT2D eigenvalue weighted by molar-refractivity contribution is -0.143. The predicted molar refractivity (Wildman–Crippen MR) is 81.0 cm³/mol. The van der Waals surface area contributed by atoms with Crippen molar-refractivity contribution in [1.29, 1.82) is 0 Å². The number of aliphatic carboxylic acids is 1. The second-order valence-corrected chi connectivity index (χ2v) is 7.23. The number of carboxylic acids is 1. The molecule has 0 aromatic carbocycles. The van der Waals surface area contributed by atoms with Crippen molar-refractivity contribution in [1.82, 2.24) is 10.2 Å². The molecule has 0 aromatic heterocycles. The highest BCUT2D eigenvalue weighted by molar-refractivity contribution is 5.76. The molecule has 21 heavy (non-hydrogen) atoms. The van der Waals surface area contributed by atoms with Gasteiger partial charge in [-0.15, -0.1) is 0 Å². The van der Waals surface area contributed by atoms with E-state index in [0.717, 1.165) is 25.2 Å². The third-order valence-electron chi connectivity index (χ3n) is 5.04. The first-order valence-electron chi connectivity index (χ1n) is 8.15. The largest absolute Gasteiger partial charge is 0.481 e. The van der Waals surface area contributed by atoms with Crippen LogP contribution in [0.25, 0.3) is 0 Å². The summed E-state index contributed by atoms with van der Waals surface area (Å²) in [5.41, 5.74) is 0. The molecule has 5 heteroatoms. The van der Waals surface area contributed by atoms with Crippen LogP contribution in [0.3, 0.4) is 0 Å². The molecule has 2 aliphatic rings. The molecule has 0 spiro atoms. The van der Waals surface area contributed by atoms with E-state index in [1.807, 2.05) is 6.92 Å². The van der Waals surface area contributed by atoms with Gasteiger partial charge in [-0.05, 0) is 43.4 Å². The molecule has 1 aliphatic carbocycles. The first-order valence-corrected chi connectivity index (χ1v) is 8.15. The van der Waals surface area contributed by atoms with Crippen molar-refractivity contribution >= 4 is 12.0 Å². The minimum Gasteiger partial charge on any atom is -0.481 e. The van der Waals surface area contributed by atoms with Crippen LogP contribution < -0.4 is 5.32 Å². The van der Waals surface area contributed by atoms with E-state index in [0.29, 0.717) is 25.4 Å². The average Bonchev–Trinajstić information content (AvgIpc) is 2.41. The highest BCUT2D eigenvalue weighted by atomic mass is 16.4. The van der Waals surface area contributed by atoms with Gasteiger partial charge in [-0.3, -0.25) is 4.79 Å². The molecule has 1 saturated carbocycles. The molecule has 5 unspecified atom stereocenters. The number of likely N-dealkylation sites (tertiary alicyclic amines) is 1. The Kier molecular flexibility index (Phi) is 5.12. The molecular weight excluding hydrogens is 268 g/mol. The number of rotatable bonds is 2. The van der Waals surface area contributed by atoms with E-state index in [4.69, 9.17) is 0 Å². The molecule has 1 saturated heterocycles. The molecule has 2 amide bonds. The van der Waals surface area contributed by atoms with Gasteiger partial charge >= 0.3 is 12.0 Å². The van der Waals surface area contributed by atoms with Gasteiger partial charge in [0.1, 0.15) is 0 Å². The van der Waals surface area contributed by atoms with Gasteiger partial charge < -0.3 is 15.3 Å². The smallest absolute Gasteiger partial charge is 0.317 e. The molecule has 2 fully saturated rings. The number of hydrogen-bond donors (Lipinski definition) is 2. The maximum Gasteiger partial charge on any atom is 0.317 e. The number of amides is 2. The van der Waals surface area contributed by atoms with E-state index in [1.54, 1.807) is 4.90 Å². The van der Waals surface area contributed by atoms with Crippen LogP contribution in [0.2, 0.25) is 0 Å². The molecule has 0 bridgehead atoms. The van der Waals surface area contributed by atoms with Crippen molar-refractivity contribution in [2.45, 2.75) is 52.5 Å². The molecule has 0 aromatic rings. The molecule has 5 atom stereocenters. The number of carbonyl (C=O) groups is 2. The zero-order valence-corrected chi connectivity index (χ0v) is 13.3. The van der Waals surface area contributed by atoms with Gasteiger partial charge in [-0.1, -0.05) is 20.8 Å². The minimum atomic E-state index is -0.792. The summed E-state index contributed by atoms with van der Waals surface area (Å²) in [6.45, 7) is 7.47. The second kappa shape index (κ2) is 6.67. The molecule has 1 heterocycles. The Morgan fingerprint density at radius 3 is 2.38 bits per heavy atom. The van der Waals surface area contributed by atoms with Crippen molar-refractivity contribution in [2.24, 2.45) is 23.7 Å². The summed E-state index contributed by atoms with van der Waals surface area (Å²) in [6, 6.07) is 0.147. The maximum absolute atomic E-state index is 12.4. The van der Waals surface area contributed by atoms with E-state index < -0.39 is 11.9 Å². The van der Waals surface area contributed by atoms with Gasteiger partial charge in [0.25, 0.3) is 0 Å². The van der Waals surface area contributed by atoms with Gasteiger partial charge in [0.15, 0.2) is 0 Å². The van der Waals surface area contributed by atoms with Crippen molar-refractivity contribution in [3.05, 3.63) is 0 Å². The summed E-state index contributed by atoms with van der Waals surface area (Å²) in [5.74, 6) is 0.256. The highest BCUT2D eigenvalue weighted by Gasteiger charge is 2.34. The van der Waals surface area contributed by atoms with Gasteiger partial charge in [-0.2, -0.15) is 0 Å². The molecule has 1 aliphatic heterocycles. The van der Waals surface area contributed by atoms with E-state index >= 15 is 0 Å². The van der Waals surface area contributed by atoms with Gasteiger partial charge in [0.05, 0.1) is 5.92 Å². The zero-order chi connectivity index (χ0) is 15.6. The van der Waals surface area contributed by atoms with Crippen LogP contribution in [0.4, 0.5) is 4.79 Å². The van der Waals surface area contributed by atoms with E-state index in [2.05, 4.69) is 19.2 Å². The number of piperidine rings is 1. The van der Waals surface area contributed by atoms with Gasteiger partial charge in [-0.25, -0.2) is 4.79 Å². The lowest BCUT2D eigenvalue weighted by Crippen LogP contribution is -2.53. The monoisotopic (exact) mass is 296 g/mol. The van der Waals surface area contributed by atoms with E-state index in [1.165, 1.54) is 0 Å². The van der Waals surface area contributed by atoms with E-state index in [9.17, 15) is 14.7 Å². The maximum atomic E-state index is 12.4. The van der Waals surface area contributed by atoms with Crippen molar-refractivity contribution < 1.29 is 14.7 Å². The summed E-state index contributed by atoms with van der Waals surface area (Å²) in [7, 11) is 0. The fourth-order valence-corrected chi connectivity index (χ4v) is 3.83. The Bertz CT molecular complexity index is 399. The van der Waals surface area contributed by atoms with Crippen LogP contribution in [0.1, 0.15) is 46.5 Å². The zero-order valence-electron chi connectivity index (χ0n) is 13.3. The fraction of sp³-hybridized carbons (Fsp3) is 0.875. The fourth-order valence-electron chi connectivity index (χ4n) is 3.83.